The Labute approximate surface area is 210 Å². The third-order valence-corrected chi connectivity index (χ3v) is 6.64. The van der Waals surface area contributed by atoms with Gasteiger partial charge in [0.15, 0.2) is 5.76 Å². The number of carbonyl (C=O) groups excluding carboxylic acids is 4. The van der Waals surface area contributed by atoms with Crippen molar-refractivity contribution < 1.29 is 23.6 Å². The van der Waals surface area contributed by atoms with E-state index in [1.165, 1.54) is 16.7 Å². The minimum atomic E-state index is -0.858. The average Bonchev–Trinajstić information content (AvgIpc) is 3.41. The Kier molecular flexibility index (Phi) is 8.04. The lowest BCUT2D eigenvalue weighted by Gasteiger charge is -2.38. The van der Waals surface area contributed by atoms with Gasteiger partial charge in [-0.1, -0.05) is 26.0 Å². The molecule has 0 spiro atoms. The lowest BCUT2D eigenvalue weighted by atomic mass is 10.0. The van der Waals surface area contributed by atoms with E-state index >= 15 is 0 Å². The fraction of sp³-hybridized carbons (Fsp3) is 0.462. The van der Waals surface area contributed by atoms with E-state index in [1.807, 2.05) is 29.2 Å². The summed E-state index contributed by atoms with van der Waals surface area (Å²) >= 11 is 0. The number of hydrogen-bond acceptors (Lipinski definition) is 6. The van der Waals surface area contributed by atoms with Gasteiger partial charge in [-0.2, -0.15) is 0 Å². The van der Waals surface area contributed by atoms with Crippen molar-refractivity contribution in [2.24, 2.45) is 0 Å². The summed E-state index contributed by atoms with van der Waals surface area (Å²) in [6.45, 7) is 7.07. The molecule has 2 N–H and O–H groups in total. The van der Waals surface area contributed by atoms with Crippen LogP contribution in [0.4, 0.5) is 5.69 Å². The standard InChI is InChI=1S/C26H33N5O5/c1-18(2)19-5-7-20(8-6-19)28-23(32)16-21-25(34)27-9-10-31(21)24(33)17-29-11-13-30(14-12-29)26(35)22-4-3-15-36-22/h3-8,15,18,21H,9-14,16-17H2,1-2H3,(H,27,34)(H,28,32)/t21-/m1/s1. The van der Waals surface area contributed by atoms with E-state index in [9.17, 15) is 19.2 Å². The number of nitrogens with zero attached hydrogens (tertiary/aromatic N) is 3. The third kappa shape index (κ3) is 6.12. The van der Waals surface area contributed by atoms with E-state index in [1.54, 1.807) is 17.0 Å². The Balaban J connectivity index is 1.30. The zero-order valence-corrected chi connectivity index (χ0v) is 20.7. The van der Waals surface area contributed by atoms with Gasteiger partial charge in [0.05, 0.1) is 19.2 Å². The summed E-state index contributed by atoms with van der Waals surface area (Å²) in [5.74, 6) is -0.320. The number of anilines is 1. The molecule has 4 amide bonds. The molecule has 0 aliphatic carbocycles. The largest absolute Gasteiger partial charge is 0.459 e. The highest BCUT2D eigenvalue weighted by Crippen LogP contribution is 2.18. The summed E-state index contributed by atoms with van der Waals surface area (Å²) in [6, 6.07) is 10.1. The highest BCUT2D eigenvalue weighted by atomic mass is 16.3. The minimum Gasteiger partial charge on any atom is -0.459 e. The van der Waals surface area contributed by atoms with Gasteiger partial charge in [0.25, 0.3) is 5.91 Å². The summed E-state index contributed by atoms with van der Waals surface area (Å²) in [5, 5.41) is 5.59. The zero-order chi connectivity index (χ0) is 25.7. The molecule has 4 rings (SSSR count). The van der Waals surface area contributed by atoms with Crippen LogP contribution in [0.15, 0.2) is 47.1 Å². The van der Waals surface area contributed by atoms with Crippen LogP contribution in [0.1, 0.15) is 42.3 Å². The third-order valence-electron chi connectivity index (χ3n) is 6.64. The van der Waals surface area contributed by atoms with Gasteiger partial charge in [-0.3, -0.25) is 24.1 Å². The Hall–Kier alpha value is -3.66. The Morgan fingerprint density at radius 3 is 2.42 bits per heavy atom. The van der Waals surface area contributed by atoms with Crippen LogP contribution in [-0.2, 0) is 14.4 Å². The molecule has 192 valence electrons. The number of rotatable bonds is 7. The lowest BCUT2D eigenvalue weighted by Crippen LogP contribution is -2.60. The number of amides is 4. The van der Waals surface area contributed by atoms with Gasteiger partial charge in [0.1, 0.15) is 6.04 Å². The van der Waals surface area contributed by atoms with Crippen LogP contribution in [-0.4, -0.2) is 90.2 Å². The van der Waals surface area contributed by atoms with Crippen molar-refractivity contribution in [2.45, 2.75) is 32.2 Å². The van der Waals surface area contributed by atoms with Gasteiger partial charge in [-0.05, 0) is 35.7 Å². The van der Waals surface area contributed by atoms with Crippen molar-refractivity contribution in [2.75, 3.05) is 51.1 Å². The van der Waals surface area contributed by atoms with Crippen LogP contribution in [0.5, 0.6) is 0 Å². The number of nitrogens with one attached hydrogen (secondary N) is 2. The topological polar surface area (TPSA) is 115 Å². The maximum Gasteiger partial charge on any atom is 0.289 e. The van der Waals surface area contributed by atoms with Crippen LogP contribution < -0.4 is 10.6 Å². The van der Waals surface area contributed by atoms with Crippen LogP contribution in [0, 0.1) is 0 Å². The number of piperazine rings is 2. The molecule has 2 fully saturated rings. The molecule has 0 unspecified atom stereocenters. The fourth-order valence-corrected chi connectivity index (χ4v) is 4.50. The van der Waals surface area contributed by atoms with E-state index in [2.05, 4.69) is 24.5 Å². The molecule has 2 aromatic rings. The lowest BCUT2D eigenvalue weighted by molar-refractivity contribution is -0.145. The molecule has 0 saturated carbocycles. The van der Waals surface area contributed by atoms with Crippen LogP contribution in [0.25, 0.3) is 0 Å². The first-order valence-electron chi connectivity index (χ1n) is 12.3. The molecular weight excluding hydrogens is 462 g/mol. The summed E-state index contributed by atoms with van der Waals surface area (Å²) in [5.41, 5.74) is 1.82. The summed E-state index contributed by atoms with van der Waals surface area (Å²) in [7, 11) is 0. The molecule has 2 aliphatic rings. The number of furan rings is 1. The van der Waals surface area contributed by atoms with Crippen molar-refractivity contribution in [3.63, 3.8) is 0 Å². The molecule has 2 aliphatic heterocycles. The van der Waals surface area contributed by atoms with Crippen LogP contribution >= 0.6 is 0 Å². The van der Waals surface area contributed by atoms with E-state index < -0.39 is 6.04 Å². The monoisotopic (exact) mass is 495 g/mol. The first-order valence-corrected chi connectivity index (χ1v) is 12.3. The van der Waals surface area contributed by atoms with Crippen molar-refractivity contribution in [3.05, 3.63) is 54.0 Å². The zero-order valence-electron chi connectivity index (χ0n) is 20.7. The van der Waals surface area contributed by atoms with Gasteiger partial charge >= 0.3 is 0 Å². The maximum atomic E-state index is 13.1. The van der Waals surface area contributed by atoms with Crippen LogP contribution in [0.3, 0.4) is 0 Å². The van der Waals surface area contributed by atoms with Crippen molar-refractivity contribution in [1.82, 2.24) is 20.0 Å². The second-order valence-electron chi connectivity index (χ2n) is 9.47. The van der Waals surface area contributed by atoms with Gasteiger partial charge in [-0.15, -0.1) is 0 Å². The average molecular weight is 496 g/mol. The maximum absolute atomic E-state index is 13.1. The normalized spacial score (nSPS) is 18.8. The molecule has 0 bridgehead atoms. The summed E-state index contributed by atoms with van der Waals surface area (Å²) in [6.07, 6.45) is 1.35. The van der Waals surface area contributed by atoms with E-state index in [0.29, 0.717) is 56.6 Å². The SMILES string of the molecule is CC(C)c1ccc(NC(=O)C[C@@H]2C(=O)NCCN2C(=O)CN2CCN(C(=O)c3ccco3)CC2)cc1. The van der Waals surface area contributed by atoms with Gasteiger partial charge in [0, 0.05) is 45.0 Å². The second-order valence-corrected chi connectivity index (χ2v) is 9.47. The smallest absolute Gasteiger partial charge is 0.289 e. The quantitative estimate of drug-likeness (QED) is 0.602. The van der Waals surface area contributed by atoms with E-state index in [0.717, 1.165) is 0 Å². The summed E-state index contributed by atoms with van der Waals surface area (Å²) in [4.78, 5) is 56.1. The molecule has 36 heavy (non-hydrogen) atoms. The van der Waals surface area contributed by atoms with E-state index in [4.69, 9.17) is 4.42 Å². The van der Waals surface area contributed by atoms with Crippen molar-refractivity contribution in [3.8, 4) is 0 Å². The highest BCUT2D eigenvalue weighted by molar-refractivity contribution is 5.97. The first-order chi connectivity index (χ1) is 17.3. The van der Waals surface area contributed by atoms with Crippen molar-refractivity contribution >= 4 is 29.3 Å². The molecular formula is C26H33N5O5. The Morgan fingerprint density at radius 1 is 1.06 bits per heavy atom. The molecule has 1 aromatic carbocycles. The predicted octanol–water partition coefficient (Wildman–Crippen LogP) is 1.52. The molecule has 1 aromatic heterocycles. The fourth-order valence-electron chi connectivity index (χ4n) is 4.50. The molecule has 3 heterocycles. The number of carbonyl (C=O) groups is 4. The predicted molar refractivity (Wildman–Crippen MR) is 133 cm³/mol. The minimum absolute atomic E-state index is 0.116. The molecule has 0 radical (unpaired) electrons. The molecule has 1 atom stereocenters. The number of hydrogen-bond donors (Lipinski definition) is 2. The molecule has 10 nitrogen and oxygen atoms in total. The first kappa shape index (κ1) is 25.4. The Bertz CT molecular complexity index is 1070. The second kappa shape index (κ2) is 11.4. The van der Waals surface area contributed by atoms with Crippen LogP contribution in [0.2, 0.25) is 0 Å². The molecule has 2 saturated heterocycles. The Morgan fingerprint density at radius 2 is 1.78 bits per heavy atom. The summed E-state index contributed by atoms with van der Waals surface area (Å²) < 4.78 is 5.19. The van der Waals surface area contributed by atoms with Crippen molar-refractivity contribution in [1.29, 1.82) is 0 Å². The highest BCUT2D eigenvalue weighted by Gasteiger charge is 2.35. The van der Waals surface area contributed by atoms with E-state index in [-0.39, 0.29) is 36.6 Å². The number of benzene rings is 1. The van der Waals surface area contributed by atoms with Gasteiger partial charge < -0.3 is 24.9 Å². The van der Waals surface area contributed by atoms with Gasteiger partial charge in [-0.25, -0.2) is 0 Å². The molecule has 10 heteroatoms. The van der Waals surface area contributed by atoms with Gasteiger partial charge in [0.2, 0.25) is 17.7 Å².